The van der Waals surface area contributed by atoms with Crippen LogP contribution in [0.5, 0.6) is 0 Å². The molecule has 0 fully saturated rings. The van der Waals surface area contributed by atoms with E-state index in [1.54, 1.807) is 19.2 Å². The minimum atomic E-state index is -0.491. The van der Waals surface area contributed by atoms with E-state index in [-0.39, 0.29) is 11.7 Å². The van der Waals surface area contributed by atoms with Crippen molar-refractivity contribution < 1.29 is 13.9 Å². The predicted octanol–water partition coefficient (Wildman–Crippen LogP) is 4.67. The summed E-state index contributed by atoms with van der Waals surface area (Å²) in [4.78, 5) is 15.9. The highest BCUT2D eigenvalue weighted by molar-refractivity contribution is 5.88. The molecule has 6 heteroatoms. The van der Waals surface area contributed by atoms with E-state index in [2.05, 4.69) is 10.1 Å². The Kier molecular flexibility index (Phi) is 8.12. The van der Waals surface area contributed by atoms with Crippen molar-refractivity contribution in [3.05, 3.63) is 54.0 Å². The van der Waals surface area contributed by atoms with E-state index in [1.165, 1.54) is 11.8 Å². The molecule has 3 rings (SSSR count). The third-order valence-corrected chi connectivity index (χ3v) is 2.96. The van der Waals surface area contributed by atoms with Gasteiger partial charge in [-0.05, 0) is 13.0 Å². The van der Waals surface area contributed by atoms with Crippen LogP contribution in [0.2, 0.25) is 0 Å². The summed E-state index contributed by atoms with van der Waals surface area (Å²) >= 11 is 0. The third kappa shape index (κ3) is 4.79. The average molecular weight is 343 g/mol. The number of carbonyl (C=O) groups is 1. The summed E-state index contributed by atoms with van der Waals surface area (Å²) in [5.41, 5.74) is 1.85. The molecule has 0 atom stereocenters. The lowest BCUT2D eigenvalue weighted by Gasteiger charge is -2.00. The van der Waals surface area contributed by atoms with Crippen LogP contribution in [0.15, 0.2) is 47.0 Å². The molecule has 0 bridgehead atoms. The van der Waals surface area contributed by atoms with Gasteiger partial charge in [0.1, 0.15) is 0 Å². The number of oxazole rings is 1. The SMILES string of the molecule is CC.CC.COC(=O)c1cc(C)nn1-c1ncc(-c2ccccc2)o1. The molecule has 25 heavy (non-hydrogen) atoms. The van der Waals surface area contributed by atoms with Gasteiger partial charge in [-0.15, -0.1) is 0 Å². The van der Waals surface area contributed by atoms with Crippen LogP contribution in [0.25, 0.3) is 17.3 Å². The molecule has 0 N–H and O–H groups in total. The van der Waals surface area contributed by atoms with E-state index in [0.717, 1.165) is 5.56 Å². The average Bonchev–Trinajstić information content (AvgIpc) is 3.32. The van der Waals surface area contributed by atoms with Crippen molar-refractivity contribution in [2.24, 2.45) is 0 Å². The Balaban J connectivity index is 0.000000730. The van der Waals surface area contributed by atoms with E-state index in [4.69, 9.17) is 9.15 Å². The first-order chi connectivity index (χ1) is 12.2. The molecule has 0 aliphatic carbocycles. The zero-order chi connectivity index (χ0) is 18.8. The Morgan fingerprint density at radius 2 is 1.76 bits per heavy atom. The minimum absolute atomic E-state index is 0.224. The largest absolute Gasteiger partial charge is 0.464 e. The monoisotopic (exact) mass is 343 g/mol. The van der Waals surface area contributed by atoms with Gasteiger partial charge in [0, 0.05) is 5.56 Å². The van der Waals surface area contributed by atoms with Crippen molar-refractivity contribution >= 4 is 5.97 Å². The molecule has 0 amide bonds. The van der Waals surface area contributed by atoms with Crippen LogP contribution in [0.1, 0.15) is 43.9 Å². The van der Waals surface area contributed by atoms with Gasteiger partial charge in [-0.2, -0.15) is 14.8 Å². The van der Waals surface area contributed by atoms with Crippen molar-refractivity contribution in [3.63, 3.8) is 0 Å². The number of hydrogen-bond donors (Lipinski definition) is 0. The number of hydrogen-bond acceptors (Lipinski definition) is 5. The first-order valence-corrected chi connectivity index (χ1v) is 8.35. The number of rotatable bonds is 3. The van der Waals surface area contributed by atoms with Crippen LogP contribution in [0.3, 0.4) is 0 Å². The third-order valence-electron chi connectivity index (χ3n) is 2.96. The molecular weight excluding hydrogens is 318 g/mol. The van der Waals surface area contributed by atoms with Gasteiger partial charge in [0.2, 0.25) is 0 Å². The van der Waals surface area contributed by atoms with Crippen LogP contribution in [-0.2, 0) is 4.74 Å². The van der Waals surface area contributed by atoms with Crippen LogP contribution in [-0.4, -0.2) is 27.8 Å². The maximum absolute atomic E-state index is 11.7. The highest BCUT2D eigenvalue weighted by Gasteiger charge is 2.19. The second-order valence-corrected chi connectivity index (χ2v) is 4.45. The summed E-state index contributed by atoms with van der Waals surface area (Å²) < 4.78 is 11.8. The summed E-state index contributed by atoms with van der Waals surface area (Å²) in [6, 6.07) is 11.4. The zero-order valence-electron chi connectivity index (χ0n) is 15.6. The van der Waals surface area contributed by atoms with Crippen molar-refractivity contribution in [2.75, 3.05) is 7.11 Å². The topological polar surface area (TPSA) is 70.2 Å². The van der Waals surface area contributed by atoms with Gasteiger partial charge in [-0.3, -0.25) is 0 Å². The Hall–Kier alpha value is -2.89. The number of aromatic nitrogens is 3. The fourth-order valence-corrected chi connectivity index (χ4v) is 1.99. The van der Waals surface area contributed by atoms with E-state index in [9.17, 15) is 4.79 Å². The highest BCUT2D eigenvalue weighted by atomic mass is 16.5. The molecule has 0 saturated carbocycles. The Bertz CT molecular complexity index is 776. The van der Waals surface area contributed by atoms with E-state index >= 15 is 0 Å². The number of methoxy groups -OCH3 is 1. The minimum Gasteiger partial charge on any atom is -0.464 e. The number of benzene rings is 1. The smallest absolute Gasteiger partial charge is 0.356 e. The Labute approximate surface area is 148 Å². The number of carbonyl (C=O) groups excluding carboxylic acids is 1. The summed E-state index contributed by atoms with van der Waals surface area (Å²) in [7, 11) is 1.32. The standard InChI is InChI=1S/C15H13N3O3.2C2H6/c1-10-8-12(14(19)20-2)18(17-10)15-16-9-13(21-15)11-6-4-3-5-7-11;2*1-2/h3-9H,1-2H3;2*1-2H3. The lowest BCUT2D eigenvalue weighted by molar-refractivity contribution is 0.0589. The molecule has 0 aliphatic heterocycles. The summed E-state index contributed by atoms with van der Waals surface area (Å²) in [5.74, 6) is 0.115. The van der Waals surface area contributed by atoms with Gasteiger partial charge in [0.05, 0.1) is 19.0 Å². The number of esters is 1. The first-order valence-electron chi connectivity index (χ1n) is 8.35. The molecular formula is C19H25N3O3. The van der Waals surface area contributed by atoms with E-state index < -0.39 is 5.97 Å². The molecule has 2 aromatic heterocycles. The van der Waals surface area contributed by atoms with Crippen LogP contribution < -0.4 is 0 Å². The molecule has 0 saturated heterocycles. The van der Waals surface area contributed by atoms with E-state index in [1.807, 2.05) is 58.0 Å². The molecule has 6 nitrogen and oxygen atoms in total. The van der Waals surface area contributed by atoms with Crippen LogP contribution >= 0.6 is 0 Å². The summed E-state index contributed by atoms with van der Waals surface area (Å²) in [6.07, 6.45) is 1.60. The van der Waals surface area contributed by atoms with Gasteiger partial charge in [-0.25, -0.2) is 4.79 Å². The normalized spacial score (nSPS) is 9.36. The van der Waals surface area contributed by atoms with Gasteiger partial charge in [0.15, 0.2) is 11.5 Å². The molecule has 0 radical (unpaired) electrons. The van der Waals surface area contributed by atoms with Gasteiger partial charge >= 0.3 is 12.0 Å². The van der Waals surface area contributed by atoms with Crippen molar-refractivity contribution in [1.29, 1.82) is 0 Å². The molecule has 134 valence electrons. The highest BCUT2D eigenvalue weighted by Crippen LogP contribution is 2.22. The lowest BCUT2D eigenvalue weighted by atomic mass is 10.2. The molecule has 0 spiro atoms. The maximum atomic E-state index is 11.7. The van der Waals surface area contributed by atoms with Crippen molar-refractivity contribution in [1.82, 2.24) is 14.8 Å². The molecule has 0 aliphatic rings. The molecule has 1 aromatic carbocycles. The number of ether oxygens (including phenoxy) is 1. The fourth-order valence-electron chi connectivity index (χ4n) is 1.99. The fraction of sp³-hybridized carbons (Fsp3) is 0.316. The second kappa shape index (κ2) is 10.1. The second-order valence-electron chi connectivity index (χ2n) is 4.45. The maximum Gasteiger partial charge on any atom is 0.356 e. The Morgan fingerprint density at radius 3 is 2.36 bits per heavy atom. The molecule has 3 aromatic rings. The van der Waals surface area contributed by atoms with Crippen molar-refractivity contribution in [2.45, 2.75) is 34.6 Å². The first kappa shape index (κ1) is 20.2. The number of nitrogens with zero attached hydrogens (tertiary/aromatic N) is 3. The summed E-state index contributed by atoms with van der Waals surface area (Å²) in [5, 5.41) is 4.22. The molecule has 2 heterocycles. The van der Waals surface area contributed by atoms with Gasteiger partial charge < -0.3 is 9.15 Å². The molecule has 0 unspecified atom stereocenters. The van der Waals surface area contributed by atoms with Gasteiger partial charge in [0.25, 0.3) is 0 Å². The van der Waals surface area contributed by atoms with Crippen molar-refractivity contribution in [3.8, 4) is 17.3 Å². The van der Waals surface area contributed by atoms with Crippen LogP contribution in [0.4, 0.5) is 0 Å². The quantitative estimate of drug-likeness (QED) is 0.646. The summed E-state index contributed by atoms with van der Waals surface area (Å²) in [6.45, 7) is 9.78. The Morgan fingerprint density at radius 1 is 1.12 bits per heavy atom. The number of aryl methyl sites for hydroxylation is 1. The van der Waals surface area contributed by atoms with Gasteiger partial charge in [-0.1, -0.05) is 58.0 Å². The van der Waals surface area contributed by atoms with Crippen LogP contribution in [0, 0.1) is 6.92 Å². The lowest BCUT2D eigenvalue weighted by Crippen LogP contribution is -2.10. The zero-order valence-corrected chi connectivity index (χ0v) is 15.6. The predicted molar refractivity (Wildman–Crippen MR) is 97.8 cm³/mol. The van der Waals surface area contributed by atoms with E-state index in [0.29, 0.717) is 11.5 Å².